The Kier molecular flexibility index (Phi) is 5.79. The van der Waals surface area contributed by atoms with Gasteiger partial charge in [0.1, 0.15) is 12.4 Å². The van der Waals surface area contributed by atoms with Crippen molar-refractivity contribution in [3.05, 3.63) is 29.8 Å². The molecule has 0 aromatic heterocycles. The Morgan fingerprint density at radius 2 is 2.23 bits per heavy atom. The summed E-state index contributed by atoms with van der Waals surface area (Å²) in [5, 5.41) is 0. The van der Waals surface area contributed by atoms with Gasteiger partial charge in [0.15, 0.2) is 0 Å². The van der Waals surface area contributed by atoms with Crippen LogP contribution in [0, 0.1) is 12.3 Å². The van der Waals surface area contributed by atoms with E-state index in [0.717, 1.165) is 11.3 Å². The molecule has 1 aromatic rings. The molecule has 0 radical (unpaired) electrons. The Hall–Kier alpha value is -1.17. The summed E-state index contributed by atoms with van der Waals surface area (Å²) in [4.78, 5) is 0. The summed E-state index contributed by atoms with van der Waals surface area (Å²) in [5.41, 5.74) is 6.50. The normalized spacial score (nSPS) is 8.31. The molecule has 1 aromatic carbocycles. The minimum atomic E-state index is 0. The molecule has 0 heterocycles. The zero-order valence-electron chi connectivity index (χ0n) is 7.19. The van der Waals surface area contributed by atoms with E-state index < -0.39 is 0 Å². The second-order valence-electron chi connectivity index (χ2n) is 2.34. The molecule has 0 atom stereocenters. The van der Waals surface area contributed by atoms with Crippen molar-refractivity contribution in [3.8, 4) is 18.1 Å². The first-order valence-corrected chi connectivity index (χ1v) is 3.72. The zero-order valence-corrected chi connectivity index (χ0v) is 8.01. The number of hydrogen-bond donors (Lipinski definition) is 1. The first kappa shape index (κ1) is 11.8. The molecule has 1 rings (SSSR count). The van der Waals surface area contributed by atoms with Crippen LogP contribution in [0.25, 0.3) is 0 Å². The minimum absolute atomic E-state index is 0. The molecule has 70 valence electrons. The van der Waals surface area contributed by atoms with Gasteiger partial charge in [-0.1, -0.05) is 18.1 Å². The molecule has 0 saturated heterocycles. The summed E-state index contributed by atoms with van der Waals surface area (Å²) >= 11 is 0. The van der Waals surface area contributed by atoms with E-state index in [1.807, 2.05) is 24.3 Å². The lowest BCUT2D eigenvalue weighted by Crippen LogP contribution is -1.98. The maximum absolute atomic E-state index is 5.45. The molecule has 0 aliphatic carbocycles. The van der Waals surface area contributed by atoms with Crippen LogP contribution in [0.4, 0.5) is 0 Å². The third kappa shape index (κ3) is 3.84. The second-order valence-corrected chi connectivity index (χ2v) is 2.34. The van der Waals surface area contributed by atoms with Gasteiger partial charge in [-0.15, -0.1) is 18.8 Å². The van der Waals surface area contributed by atoms with E-state index >= 15 is 0 Å². The quantitative estimate of drug-likeness (QED) is 0.747. The molecule has 0 unspecified atom stereocenters. The van der Waals surface area contributed by atoms with Crippen LogP contribution in [0.2, 0.25) is 0 Å². The van der Waals surface area contributed by atoms with Crippen molar-refractivity contribution < 1.29 is 4.74 Å². The van der Waals surface area contributed by atoms with Gasteiger partial charge in [-0.25, -0.2) is 0 Å². The zero-order chi connectivity index (χ0) is 8.81. The van der Waals surface area contributed by atoms with Gasteiger partial charge in [-0.05, 0) is 17.7 Å². The molecule has 2 N–H and O–H groups in total. The van der Waals surface area contributed by atoms with Crippen LogP contribution < -0.4 is 10.5 Å². The third-order valence-corrected chi connectivity index (χ3v) is 1.46. The Labute approximate surface area is 84.5 Å². The van der Waals surface area contributed by atoms with Gasteiger partial charge in [-0.2, -0.15) is 0 Å². The van der Waals surface area contributed by atoms with E-state index in [9.17, 15) is 0 Å². The predicted molar refractivity (Wildman–Crippen MR) is 55.9 cm³/mol. The van der Waals surface area contributed by atoms with Gasteiger partial charge in [0, 0.05) is 6.54 Å². The number of hydrogen-bond acceptors (Lipinski definition) is 2. The molecule has 0 spiro atoms. The van der Waals surface area contributed by atoms with Crippen molar-refractivity contribution in [2.75, 3.05) is 6.61 Å². The van der Waals surface area contributed by atoms with Crippen molar-refractivity contribution in [3.63, 3.8) is 0 Å². The molecular formula is C10H12ClNO. The molecule has 0 amide bonds. The number of nitrogens with two attached hydrogens (primary N) is 1. The summed E-state index contributed by atoms with van der Waals surface area (Å²) in [6.07, 6.45) is 5.05. The van der Waals surface area contributed by atoms with E-state index in [2.05, 4.69) is 5.92 Å². The summed E-state index contributed by atoms with van der Waals surface area (Å²) < 4.78 is 5.21. The van der Waals surface area contributed by atoms with E-state index in [0.29, 0.717) is 13.2 Å². The van der Waals surface area contributed by atoms with E-state index in [4.69, 9.17) is 16.9 Å². The maximum atomic E-state index is 5.45. The molecule has 0 fully saturated rings. The van der Waals surface area contributed by atoms with Gasteiger partial charge >= 0.3 is 0 Å². The largest absolute Gasteiger partial charge is 0.481 e. The smallest absolute Gasteiger partial charge is 0.148 e. The van der Waals surface area contributed by atoms with Crippen molar-refractivity contribution in [1.82, 2.24) is 0 Å². The standard InChI is InChI=1S/C10H11NO.ClH/c1-2-6-12-10-5-3-4-9(7-10)8-11;/h1,3-5,7H,6,8,11H2;1H. The molecule has 2 nitrogen and oxygen atoms in total. The lowest BCUT2D eigenvalue weighted by Gasteiger charge is -2.03. The molecule has 3 heteroatoms. The van der Waals surface area contributed by atoms with Crippen molar-refractivity contribution in [2.24, 2.45) is 5.73 Å². The molecule has 0 bridgehead atoms. The Bertz CT molecular complexity index is 293. The van der Waals surface area contributed by atoms with Crippen LogP contribution in [0.5, 0.6) is 5.75 Å². The van der Waals surface area contributed by atoms with Crippen LogP contribution in [0.15, 0.2) is 24.3 Å². The first-order valence-electron chi connectivity index (χ1n) is 3.72. The fourth-order valence-corrected chi connectivity index (χ4v) is 0.887. The van der Waals surface area contributed by atoms with Crippen LogP contribution in [0.1, 0.15) is 5.56 Å². The first-order chi connectivity index (χ1) is 5.86. The van der Waals surface area contributed by atoms with E-state index in [1.165, 1.54) is 0 Å². The number of ether oxygens (including phenoxy) is 1. The van der Waals surface area contributed by atoms with Crippen molar-refractivity contribution in [1.29, 1.82) is 0 Å². The molecule has 0 saturated carbocycles. The summed E-state index contributed by atoms with van der Waals surface area (Å²) in [6, 6.07) is 7.59. The van der Waals surface area contributed by atoms with Crippen LogP contribution in [-0.2, 0) is 6.54 Å². The van der Waals surface area contributed by atoms with Crippen LogP contribution in [0.3, 0.4) is 0 Å². The Morgan fingerprint density at radius 3 is 2.85 bits per heavy atom. The fraction of sp³-hybridized carbons (Fsp3) is 0.200. The van der Waals surface area contributed by atoms with Gasteiger partial charge in [0.2, 0.25) is 0 Å². The van der Waals surface area contributed by atoms with E-state index in [1.54, 1.807) is 0 Å². The Morgan fingerprint density at radius 1 is 1.46 bits per heavy atom. The molecule has 0 aliphatic rings. The highest BCUT2D eigenvalue weighted by atomic mass is 35.5. The number of benzene rings is 1. The summed E-state index contributed by atoms with van der Waals surface area (Å²) in [6.45, 7) is 0.821. The van der Waals surface area contributed by atoms with Gasteiger partial charge in [0.25, 0.3) is 0 Å². The monoisotopic (exact) mass is 197 g/mol. The van der Waals surface area contributed by atoms with Gasteiger partial charge < -0.3 is 10.5 Å². The highest BCUT2D eigenvalue weighted by Crippen LogP contribution is 2.12. The van der Waals surface area contributed by atoms with Crippen LogP contribution in [-0.4, -0.2) is 6.61 Å². The van der Waals surface area contributed by atoms with Gasteiger partial charge in [-0.3, -0.25) is 0 Å². The molecule has 13 heavy (non-hydrogen) atoms. The summed E-state index contributed by atoms with van der Waals surface area (Å²) in [7, 11) is 0. The molecule has 0 aliphatic heterocycles. The fourth-order valence-electron chi connectivity index (χ4n) is 0.887. The lowest BCUT2D eigenvalue weighted by atomic mass is 10.2. The molecular weight excluding hydrogens is 186 g/mol. The maximum Gasteiger partial charge on any atom is 0.148 e. The number of rotatable bonds is 3. The highest BCUT2D eigenvalue weighted by molar-refractivity contribution is 5.85. The van der Waals surface area contributed by atoms with E-state index in [-0.39, 0.29) is 12.4 Å². The summed E-state index contributed by atoms with van der Waals surface area (Å²) in [5.74, 6) is 3.17. The number of halogens is 1. The predicted octanol–water partition coefficient (Wildman–Crippen LogP) is 1.58. The second kappa shape index (κ2) is 6.36. The average molecular weight is 198 g/mol. The third-order valence-electron chi connectivity index (χ3n) is 1.46. The van der Waals surface area contributed by atoms with Crippen molar-refractivity contribution in [2.45, 2.75) is 6.54 Å². The van der Waals surface area contributed by atoms with Gasteiger partial charge in [0.05, 0.1) is 0 Å². The van der Waals surface area contributed by atoms with Crippen LogP contribution >= 0.6 is 12.4 Å². The SMILES string of the molecule is C#CCOc1cccc(CN)c1.Cl. The average Bonchev–Trinajstić information content (AvgIpc) is 2.15. The highest BCUT2D eigenvalue weighted by Gasteiger charge is 1.92. The Balaban J connectivity index is 0.00000144. The topological polar surface area (TPSA) is 35.2 Å². The number of terminal acetylenes is 1. The van der Waals surface area contributed by atoms with Crippen molar-refractivity contribution >= 4 is 12.4 Å². The lowest BCUT2D eigenvalue weighted by molar-refractivity contribution is 0.370. The minimum Gasteiger partial charge on any atom is -0.481 e.